The zero-order valence-electron chi connectivity index (χ0n) is 14.3. The summed E-state index contributed by atoms with van der Waals surface area (Å²) in [7, 11) is 3.07. The Morgan fingerprint density at radius 2 is 2.04 bits per heavy atom. The van der Waals surface area contributed by atoms with Gasteiger partial charge in [-0.3, -0.25) is 4.79 Å². The normalized spacial score (nSPS) is 22.3. The number of methoxy groups -OCH3 is 2. The summed E-state index contributed by atoms with van der Waals surface area (Å²) in [4.78, 5) is 12.5. The summed E-state index contributed by atoms with van der Waals surface area (Å²) in [5.41, 5.74) is 0.447. The molecule has 2 aliphatic rings. The quantitative estimate of drug-likeness (QED) is 0.896. The Bertz CT molecular complexity index is 583. The molecule has 6 nitrogen and oxygen atoms in total. The monoisotopic (exact) mass is 335 g/mol. The third kappa shape index (κ3) is 3.49. The predicted molar refractivity (Wildman–Crippen MR) is 88.5 cm³/mol. The maximum Gasteiger partial charge on any atom is 0.255 e. The van der Waals surface area contributed by atoms with Gasteiger partial charge in [0.15, 0.2) is 17.3 Å². The molecule has 1 saturated carbocycles. The second-order valence-corrected chi connectivity index (χ2v) is 6.27. The summed E-state index contributed by atoms with van der Waals surface area (Å²) in [6.45, 7) is 0.941. The molecule has 1 aromatic carbocycles. The lowest BCUT2D eigenvalue weighted by Gasteiger charge is -2.31. The third-order valence-electron chi connectivity index (χ3n) is 4.67. The van der Waals surface area contributed by atoms with E-state index in [-0.39, 0.29) is 12.0 Å². The molecular formula is C18H25NO5. The van der Waals surface area contributed by atoms with Crippen LogP contribution in [0.15, 0.2) is 18.2 Å². The molecular weight excluding hydrogens is 310 g/mol. The van der Waals surface area contributed by atoms with Crippen LogP contribution in [0, 0.1) is 0 Å². The topological polar surface area (TPSA) is 66.0 Å². The van der Waals surface area contributed by atoms with E-state index in [1.807, 2.05) is 0 Å². The lowest BCUT2D eigenvalue weighted by Crippen LogP contribution is -2.37. The molecule has 0 radical (unpaired) electrons. The van der Waals surface area contributed by atoms with Crippen molar-refractivity contribution in [1.29, 1.82) is 0 Å². The number of hydrogen-bond donors (Lipinski definition) is 1. The summed E-state index contributed by atoms with van der Waals surface area (Å²) in [5, 5.41) is 2.91. The highest BCUT2D eigenvalue weighted by molar-refractivity contribution is 5.97. The first-order chi connectivity index (χ1) is 11.7. The molecule has 0 aromatic heterocycles. The Hall–Kier alpha value is -1.79. The summed E-state index contributed by atoms with van der Waals surface area (Å²) >= 11 is 0. The Kier molecular flexibility index (Phi) is 5.26. The van der Waals surface area contributed by atoms with Gasteiger partial charge in [-0.1, -0.05) is 12.5 Å². The molecule has 1 aromatic rings. The zero-order valence-corrected chi connectivity index (χ0v) is 14.3. The van der Waals surface area contributed by atoms with Crippen molar-refractivity contribution in [3.63, 3.8) is 0 Å². The van der Waals surface area contributed by atoms with E-state index in [1.54, 1.807) is 25.3 Å². The maximum atomic E-state index is 12.5. The molecule has 1 amide bonds. The molecule has 1 heterocycles. The van der Waals surface area contributed by atoms with Gasteiger partial charge in [-0.25, -0.2) is 0 Å². The molecule has 0 bridgehead atoms. The zero-order chi connectivity index (χ0) is 17.0. The molecule has 1 N–H and O–H groups in total. The molecule has 1 saturated heterocycles. The van der Waals surface area contributed by atoms with Crippen LogP contribution in [0.4, 0.5) is 0 Å². The highest BCUT2D eigenvalue weighted by atomic mass is 16.7. The SMILES string of the molecule is COc1cccc(C(=O)NC[C@H]2COC3(CCCCC3)O2)c1OC. The number of nitrogens with one attached hydrogen (secondary N) is 1. The molecule has 6 heteroatoms. The fourth-order valence-electron chi connectivity index (χ4n) is 3.44. The number of rotatable bonds is 5. The fraction of sp³-hybridized carbons (Fsp3) is 0.611. The van der Waals surface area contributed by atoms with E-state index in [4.69, 9.17) is 18.9 Å². The predicted octanol–water partition coefficient (Wildman–Crippen LogP) is 2.51. The van der Waals surface area contributed by atoms with Gasteiger partial charge in [-0.2, -0.15) is 0 Å². The average molecular weight is 335 g/mol. The van der Waals surface area contributed by atoms with Gasteiger partial charge in [0, 0.05) is 19.4 Å². The molecule has 132 valence electrons. The number of ether oxygens (including phenoxy) is 4. The Balaban J connectivity index is 1.58. The van der Waals surface area contributed by atoms with Crippen LogP contribution >= 0.6 is 0 Å². The Morgan fingerprint density at radius 1 is 1.25 bits per heavy atom. The molecule has 3 rings (SSSR count). The summed E-state index contributed by atoms with van der Waals surface area (Å²) in [6, 6.07) is 5.24. The maximum absolute atomic E-state index is 12.5. The summed E-state index contributed by atoms with van der Waals surface area (Å²) < 4.78 is 22.5. The second kappa shape index (κ2) is 7.40. The van der Waals surface area contributed by atoms with Crippen LogP contribution in [0.3, 0.4) is 0 Å². The minimum Gasteiger partial charge on any atom is -0.493 e. The van der Waals surface area contributed by atoms with Crippen molar-refractivity contribution >= 4 is 5.91 Å². The van der Waals surface area contributed by atoms with Gasteiger partial charge in [0.25, 0.3) is 5.91 Å². The van der Waals surface area contributed by atoms with Crippen LogP contribution in [-0.2, 0) is 9.47 Å². The van der Waals surface area contributed by atoms with Crippen LogP contribution in [0.25, 0.3) is 0 Å². The minimum atomic E-state index is -0.415. The van der Waals surface area contributed by atoms with E-state index in [9.17, 15) is 4.79 Å². The lowest BCUT2D eigenvalue weighted by atomic mass is 9.94. The first-order valence-electron chi connectivity index (χ1n) is 8.48. The number of amides is 1. The van der Waals surface area contributed by atoms with Crippen LogP contribution < -0.4 is 14.8 Å². The van der Waals surface area contributed by atoms with Gasteiger partial charge in [-0.05, 0) is 25.0 Å². The molecule has 1 atom stereocenters. The van der Waals surface area contributed by atoms with Crippen LogP contribution in [0.2, 0.25) is 0 Å². The van der Waals surface area contributed by atoms with E-state index >= 15 is 0 Å². The van der Waals surface area contributed by atoms with Gasteiger partial charge in [-0.15, -0.1) is 0 Å². The van der Waals surface area contributed by atoms with Gasteiger partial charge >= 0.3 is 0 Å². The second-order valence-electron chi connectivity index (χ2n) is 6.27. The number of carbonyl (C=O) groups is 1. The molecule has 24 heavy (non-hydrogen) atoms. The fourth-order valence-corrected chi connectivity index (χ4v) is 3.44. The molecule has 1 spiro atoms. The van der Waals surface area contributed by atoms with Gasteiger partial charge in [0.1, 0.15) is 6.10 Å². The Morgan fingerprint density at radius 3 is 2.75 bits per heavy atom. The number of carbonyl (C=O) groups excluding carboxylic acids is 1. The highest BCUT2D eigenvalue weighted by Gasteiger charge is 2.42. The van der Waals surface area contributed by atoms with Crippen molar-refractivity contribution in [2.75, 3.05) is 27.4 Å². The van der Waals surface area contributed by atoms with E-state index in [0.717, 1.165) is 25.7 Å². The van der Waals surface area contributed by atoms with E-state index < -0.39 is 5.79 Å². The summed E-state index contributed by atoms with van der Waals surface area (Å²) in [6.07, 6.45) is 5.30. The molecule has 0 unspecified atom stereocenters. The van der Waals surface area contributed by atoms with Crippen molar-refractivity contribution in [1.82, 2.24) is 5.32 Å². The van der Waals surface area contributed by atoms with Crippen molar-refractivity contribution in [3.8, 4) is 11.5 Å². The number of hydrogen-bond acceptors (Lipinski definition) is 5. The van der Waals surface area contributed by atoms with Crippen molar-refractivity contribution in [2.24, 2.45) is 0 Å². The number of para-hydroxylation sites is 1. The molecule has 1 aliphatic heterocycles. The molecule has 2 fully saturated rings. The first-order valence-corrected chi connectivity index (χ1v) is 8.48. The molecule has 1 aliphatic carbocycles. The van der Waals surface area contributed by atoms with Gasteiger partial charge in [0.05, 0.1) is 26.4 Å². The highest BCUT2D eigenvalue weighted by Crippen LogP contribution is 2.37. The van der Waals surface area contributed by atoms with Crippen molar-refractivity contribution in [2.45, 2.75) is 44.0 Å². The van der Waals surface area contributed by atoms with Crippen LogP contribution in [0.1, 0.15) is 42.5 Å². The lowest BCUT2D eigenvalue weighted by molar-refractivity contribution is -0.186. The first kappa shape index (κ1) is 17.0. The van der Waals surface area contributed by atoms with E-state index in [2.05, 4.69) is 5.32 Å². The summed E-state index contributed by atoms with van der Waals surface area (Å²) in [5.74, 6) is 0.344. The van der Waals surface area contributed by atoms with Crippen LogP contribution in [-0.4, -0.2) is 45.2 Å². The standard InChI is InChI=1S/C18H25NO5/c1-21-15-8-6-7-14(16(15)22-2)17(20)19-11-13-12-23-18(24-13)9-4-3-5-10-18/h6-8,13H,3-5,9-12H2,1-2H3,(H,19,20)/t13-/m0/s1. The van der Waals surface area contributed by atoms with Crippen molar-refractivity contribution in [3.05, 3.63) is 23.8 Å². The van der Waals surface area contributed by atoms with Crippen molar-refractivity contribution < 1.29 is 23.7 Å². The minimum absolute atomic E-state index is 0.108. The Labute approximate surface area is 142 Å². The van der Waals surface area contributed by atoms with E-state index in [0.29, 0.717) is 30.2 Å². The third-order valence-corrected chi connectivity index (χ3v) is 4.67. The van der Waals surface area contributed by atoms with Crippen LogP contribution in [0.5, 0.6) is 11.5 Å². The average Bonchev–Trinajstić information content (AvgIpc) is 3.01. The van der Waals surface area contributed by atoms with Gasteiger partial charge in [0.2, 0.25) is 0 Å². The number of benzene rings is 1. The van der Waals surface area contributed by atoms with E-state index in [1.165, 1.54) is 13.5 Å². The smallest absolute Gasteiger partial charge is 0.255 e. The largest absolute Gasteiger partial charge is 0.493 e. The van der Waals surface area contributed by atoms with Gasteiger partial charge < -0.3 is 24.3 Å².